The number of methoxy groups -OCH3 is 1. The zero-order chi connectivity index (χ0) is 24.1. The molecular weight excluding hydrogens is 454 g/mol. The Kier molecular flexibility index (Phi) is 6.83. The number of likely N-dealkylation sites (tertiary alicyclic amines) is 1. The highest BCUT2D eigenvalue weighted by molar-refractivity contribution is 7.92. The van der Waals surface area contributed by atoms with Crippen LogP contribution in [0.15, 0.2) is 77.7 Å². The molecule has 0 unspecified atom stereocenters. The van der Waals surface area contributed by atoms with Crippen LogP contribution in [0.2, 0.25) is 0 Å². The Labute approximate surface area is 198 Å². The number of hydrogen-bond donors (Lipinski definition) is 2. The van der Waals surface area contributed by atoms with Crippen LogP contribution in [0.25, 0.3) is 0 Å². The molecule has 0 radical (unpaired) electrons. The van der Waals surface area contributed by atoms with Crippen molar-refractivity contribution < 1.29 is 22.7 Å². The minimum Gasteiger partial charge on any atom is -0.495 e. The molecule has 0 bridgehead atoms. The molecule has 9 heteroatoms. The Hall–Kier alpha value is -3.85. The summed E-state index contributed by atoms with van der Waals surface area (Å²) in [7, 11) is -2.40. The molecule has 0 spiro atoms. The molecule has 176 valence electrons. The number of nitrogens with one attached hydrogen (secondary N) is 2. The van der Waals surface area contributed by atoms with Crippen LogP contribution in [0, 0.1) is 0 Å². The standard InChI is InChI=1S/C25H25N3O5S/c1-33-23-9-3-2-8-22(23)27-34(31,32)21-13-11-19(12-14-21)25(30)26-20-7-4-6-18(16-20)17-28-15-5-10-24(28)29/h2-4,6-9,11-14,16,27H,5,10,15,17H2,1H3,(H,26,30). The van der Waals surface area contributed by atoms with Gasteiger partial charge in [0.15, 0.2) is 0 Å². The number of hydrogen-bond acceptors (Lipinski definition) is 5. The van der Waals surface area contributed by atoms with Gasteiger partial charge in [0.1, 0.15) is 5.75 Å². The fourth-order valence-corrected chi connectivity index (χ4v) is 4.83. The van der Waals surface area contributed by atoms with Crippen LogP contribution in [0.5, 0.6) is 5.75 Å². The van der Waals surface area contributed by atoms with E-state index in [1.165, 1.54) is 31.4 Å². The molecule has 1 aliphatic rings. The Bertz CT molecular complexity index is 1310. The maximum absolute atomic E-state index is 12.7. The summed E-state index contributed by atoms with van der Waals surface area (Å²) in [5.74, 6) is 0.180. The summed E-state index contributed by atoms with van der Waals surface area (Å²) in [5, 5.41) is 2.82. The molecule has 1 heterocycles. The molecule has 3 aromatic rings. The van der Waals surface area contributed by atoms with Crippen LogP contribution in [-0.4, -0.2) is 38.8 Å². The van der Waals surface area contributed by atoms with E-state index in [2.05, 4.69) is 10.0 Å². The van der Waals surface area contributed by atoms with Crippen LogP contribution < -0.4 is 14.8 Å². The van der Waals surface area contributed by atoms with E-state index in [1.807, 2.05) is 18.2 Å². The SMILES string of the molecule is COc1ccccc1NS(=O)(=O)c1ccc(C(=O)Nc2cccc(CN3CCCC3=O)c2)cc1. The summed E-state index contributed by atoms with van der Waals surface area (Å²) in [6, 6.07) is 19.7. The second kappa shape index (κ2) is 9.96. The van der Waals surface area contributed by atoms with Gasteiger partial charge in [0, 0.05) is 30.8 Å². The van der Waals surface area contributed by atoms with E-state index in [4.69, 9.17) is 4.74 Å². The summed E-state index contributed by atoms with van der Waals surface area (Å²) in [5.41, 5.74) is 2.17. The number of sulfonamides is 1. The monoisotopic (exact) mass is 479 g/mol. The molecule has 8 nitrogen and oxygen atoms in total. The van der Waals surface area contributed by atoms with E-state index in [0.29, 0.717) is 35.7 Å². The van der Waals surface area contributed by atoms with Crippen LogP contribution >= 0.6 is 0 Å². The predicted molar refractivity (Wildman–Crippen MR) is 129 cm³/mol. The number of anilines is 2. The number of carbonyl (C=O) groups excluding carboxylic acids is 2. The first kappa shape index (κ1) is 23.3. The Morgan fingerprint density at radius 3 is 2.50 bits per heavy atom. The number of nitrogens with zero attached hydrogens (tertiary/aromatic N) is 1. The van der Waals surface area contributed by atoms with Gasteiger partial charge in [-0.3, -0.25) is 14.3 Å². The van der Waals surface area contributed by atoms with Gasteiger partial charge in [-0.15, -0.1) is 0 Å². The van der Waals surface area contributed by atoms with E-state index in [1.54, 1.807) is 35.2 Å². The van der Waals surface area contributed by atoms with E-state index in [9.17, 15) is 18.0 Å². The van der Waals surface area contributed by atoms with Crippen LogP contribution in [0.4, 0.5) is 11.4 Å². The molecule has 0 saturated carbocycles. The van der Waals surface area contributed by atoms with Crippen LogP contribution in [0.1, 0.15) is 28.8 Å². The fraction of sp³-hybridized carbons (Fsp3) is 0.200. The Morgan fingerprint density at radius 1 is 1.03 bits per heavy atom. The van der Waals surface area contributed by atoms with Crippen molar-refractivity contribution >= 4 is 33.2 Å². The zero-order valence-corrected chi connectivity index (χ0v) is 19.5. The number of ether oxygens (including phenoxy) is 1. The van der Waals surface area contributed by atoms with Crippen molar-refractivity contribution in [3.05, 3.63) is 83.9 Å². The smallest absolute Gasteiger partial charge is 0.262 e. The van der Waals surface area contributed by atoms with Gasteiger partial charge in [-0.05, 0) is 60.5 Å². The highest BCUT2D eigenvalue weighted by atomic mass is 32.2. The van der Waals surface area contributed by atoms with E-state index in [-0.39, 0.29) is 16.7 Å². The number of benzene rings is 3. The van der Waals surface area contributed by atoms with Crippen molar-refractivity contribution in [3.63, 3.8) is 0 Å². The maximum Gasteiger partial charge on any atom is 0.262 e. The van der Waals surface area contributed by atoms with Gasteiger partial charge in [-0.2, -0.15) is 0 Å². The van der Waals surface area contributed by atoms with Crippen molar-refractivity contribution in [3.8, 4) is 5.75 Å². The third-order valence-corrected chi connectivity index (χ3v) is 6.89. The first-order valence-electron chi connectivity index (χ1n) is 10.8. The maximum atomic E-state index is 12.7. The summed E-state index contributed by atoms with van der Waals surface area (Å²) >= 11 is 0. The third kappa shape index (κ3) is 5.37. The van der Waals surface area contributed by atoms with Crippen molar-refractivity contribution in [2.45, 2.75) is 24.3 Å². The summed E-state index contributed by atoms with van der Waals surface area (Å²) in [6.45, 7) is 1.25. The van der Waals surface area contributed by atoms with Crippen molar-refractivity contribution in [2.75, 3.05) is 23.7 Å². The van der Waals surface area contributed by atoms with Gasteiger partial charge < -0.3 is 15.0 Å². The minimum absolute atomic E-state index is 0.0206. The number of amides is 2. The quantitative estimate of drug-likeness (QED) is 0.510. The molecule has 0 aromatic heterocycles. The molecule has 4 rings (SSSR count). The van der Waals surface area contributed by atoms with Gasteiger partial charge in [0.25, 0.3) is 15.9 Å². The lowest BCUT2D eigenvalue weighted by Gasteiger charge is -2.16. The van der Waals surface area contributed by atoms with Gasteiger partial charge >= 0.3 is 0 Å². The molecule has 2 amide bonds. The van der Waals surface area contributed by atoms with Gasteiger partial charge in [-0.1, -0.05) is 24.3 Å². The lowest BCUT2D eigenvalue weighted by Crippen LogP contribution is -2.23. The van der Waals surface area contributed by atoms with Gasteiger partial charge in [0.2, 0.25) is 5.91 Å². The Morgan fingerprint density at radius 2 is 1.79 bits per heavy atom. The second-order valence-corrected chi connectivity index (χ2v) is 9.59. The van der Waals surface area contributed by atoms with Crippen LogP contribution in [0.3, 0.4) is 0 Å². The largest absolute Gasteiger partial charge is 0.495 e. The van der Waals surface area contributed by atoms with Gasteiger partial charge in [-0.25, -0.2) is 8.42 Å². The van der Waals surface area contributed by atoms with E-state index >= 15 is 0 Å². The van der Waals surface area contributed by atoms with Crippen molar-refractivity contribution in [1.82, 2.24) is 4.90 Å². The van der Waals surface area contributed by atoms with E-state index in [0.717, 1.165) is 18.5 Å². The first-order chi connectivity index (χ1) is 16.4. The predicted octanol–water partition coefficient (Wildman–Crippen LogP) is 3.87. The number of carbonyl (C=O) groups is 2. The average molecular weight is 480 g/mol. The van der Waals surface area contributed by atoms with Crippen molar-refractivity contribution in [1.29, 1.82) is 0 Å². The number of rotatable bonds is 8. The van der Waals surface area contributed by atoms with Crippen molar-refractivity contribution in [2.24, 2.45) is 0 Å². The zero-order valence-electron chi connectivity index (χ0n) is 18.7. The highest BCUT2D eigenvalue weighted by Crippen LogP contribution is 2.26. The van der Waals surface area contributed by atoms with Gasteiger partial charge in [0.05, 0.1) is 17.7 Å². The third-order valence-electron chi connectivity index (χ3n) is 5.51. The molecule has 1 saturated heterocycles. The summed E-state index contributed by atoms with van der Waals surface area (Å²) in [4.78, 5) is 26.4. The fourth-order valence-electron chi connectivity index (χ4n) is 3.76. The molecule has 0 aliphatic carbocycles. The van der Waals surface area contributed by atoms with E-state index < -0.39 is 10.0 Å². The highest BCUT2D eigenvalue weighted by Gasteiger charge is 2.20. The lowest BCUT2D eigenvalue weighted by molar-refractivity contribution is -0.128. The molecule has 1 aliphatic heterocycles. The molecule has 1 fully saturated rings. The molecule has 2 N–H and O–H groups in total. The average Bonchev–Trinajstić information content (AvgIpc) is 3.23. The second-order valence-electron chi connectivity index (χ2n) is 7.90. The van der Waals surface area contributed by atoms with Crippen LogP contribution in [-0.2, 0) is 21.4 Å². The minimum atomic E-state index is -3.86. The molecular formula is C25H25N3O5S. The molecule has 0 atom stereocenters. The summed E-state index contributed by atoms with van der Waals surface area (Å²) in [6.07, 6.45) is 1.45. The topological polar surface area (TPSA) is 105 Å². The number of para-hydroxylation sites is 2. The lowest BCUT2D eigenvalue weighted by atomic mass is 10.1. The first-order valence-corrected chi connectivity index (χ1v) is 12.3. The molecule has 3 aromatic carbocycles. The summed E-state index contributed by atoms with van der Waals surface area (Å²) < 4.78 is 33.2. The normalized spacial score (nSPS) is 13.6. The molecule has 34 heavy (non-hydrogen) atoms. The Balaban J connectivity index is 1.43.